The second-order valence-electron chi connectivity index (χ2n) is 9.01. The molecule has 1 aliphatic heterocycles. The zero-order chi connectivity index (χ0) is 23.8. The van der Waals surface area contributed by atoms with Crippen molar-refractivity contribution in [2.75, 3.05) is 33.3 Å². The number of rotatable bonds is 9. The number of hydrogen-bond acceptors (Lipinski definition) is 4. The van der Waals surface area contributed by atoms with Crippen LogP contribution in [0.5, 0.6) is 5.75 Å². The summed E-state index contributed by atoms with van der Waals surface area (Å²) >= 11 is 0. The van der Waals surface area contributed by atoms with Crippen molar-refractivity contribution in [2.45, 2.75) is 39.5 Å². The van der Waals surface area contributed by atoms with E-state index in [0.29, 0.717) is 44.1 Å². The van der Waals surface area contributed by atoms with Gasteiger partial charge in [-0.3, -0.25) is 14.4 Å². The fraction of sp³-hybridized carbons (Fsp3) is 0.444. The summed E-state index contributed by atoms with van der Waals surface area (Å²) in [4.78, 5) is 41.3. The number of hydrogen-bond donors (Lipinski definition) is 0. The summed E-state index contributed by atoms with van der Waals surface area (Å²) in [6.07, 6.45) is 1.71. The number of amides is 2. The third kappa shape index (κ3) is 7.17. The van der Waals surface area contributed by atoms with Crippen LogP contribution in [0.15, 0.2) is 48.5 Å². The van der Waals surface area contributed by atoms with Crippen LogP contribution in [0.4, 0.5) is 0 Å². The smallest absolute Gasteiger partial charge is 0.227 e. The van der Waals surface area contributed by atoms with Crippen molar-refractivity contribution in [1.29, 1.82) is 0 Å². The lowest BCUT2D eigenvalue weighted by molar-refractivity contribution is -0.139. The average molecular weight is 451 g/mol. The van der Waals surface area contributed by atoms with E-state index in [9.17, 15) is 14.4 Å². The molecule has 176 valence electrons. The topological polar surface area (TPSA) is 66.9 Å². The minimum Gasteiger partial charge on any atom is -0.497 e. The van der Waals surface area contributed by atoms with E-state index in [-0.39, 0.29) is 30.4 Å². The molecule has 0 atom stereocenters. The molecule has 0 aromatic heterocycles. The molecule has 0 spiro atoms. The fourth-order valence-corrected chi connectivity index (χ4v) is 4.10. The molecule has 6 nitrogen and oxygen atoms in total. The summed E-state index contributed by atoms with van der Waals surface area (Å²) in [5.74, 6) is 1.32. The van der Waals surface area contributed by atoms with Gasteiger partial charge in [-0.2, -0.15) is 0 Å². The number of carbonyl (C=O) groups is 3. The number of piperazine rings is 1. The predicted octanol–water partition coefficient (Wildman–Crippen LogP) is 3.77. The van der Waals surface area contributed by atoms with Crippen molar-refractivity contribution >= 4 is 17.6 Å². The van der Waals surface area contributed by atoms with Gasteiger partial charge >= 0.3 is 0 Å². The van der Waals surface area contributed by atoms with E-state index in [1.807, 2.05) is 48.5 Å². The van der Waals surface area contributed by atoms with Gasteiger partial charge in [0.25, 0.3) is 0 Å². The monoisotopic (exact) mass is 450 g/mol. The number of benzene rings is 2. The molecule has 6 heteroatoms. The molecular formula is C27H34N2O4. The molecule has 3 rings (SSSR count). The Hall–Kier alpha value is -3.15. The molecular weight excluding hydrogens is 416 g/mol. The van der Waals surface area contributed by atoms with Crippen LogP contribution in [0.2, 0.25) is 0 Å². The van der Waals surface area contributed by atoms with Gasteiger partial charge in [0.2, 0.25) is 11.8 Å². The zero-order valence-corrected chi connectivity index (χ0v) is 19.9. The minimum absolute atomic E-state index is 0.00782. The molecule has 1 aliphatic rings. The van der Waals surface area contributed by atoms with Crippen LogP contribution in [0.1, 0.15) is 48.2 Å². The molecule has 0 N–H and O–H groups in total. The minimum atomic E-state index is -0.0281. The van der Waals surface area contributed by atoms with E-state index >= 15 is 0 Å². The fourth-order valence-electron chi connectivity index (χ4n) is 4.10. The van der Waals surface area contributed by atoms with Crippen molar-refractivity contribution in [2.24, 2.45) is 5.92 Å². The maximum absolute atomic E-state index is 12.6. The average Bonchev–Trinajstić information content (AvgIpc) is 2.82. The molecule has 1 saturated heterocycles. The van der Waals surface area contributed by atoms with Crippen LogP contribution in [0.3, 0.4) is 0 Å². The van der Waals surface area contributed by atoms with Crippen molar-refractivity contribution in [3.8, 4) is 5.75 Å². The van der Waals surface area contributed by atoms with Gasteiger partial charge in [0.15, 0.2) is 5.78 Å². The molecule has 2 aromatic rings. The van der Waals surface area contributed by atoms with Gasteiger partial charge in [0, 0.05) is 44.6 Å². The summed E-state index contributed by atoms with van der Waals surface area (Å²) in [7, 11) is 1.61. The molecule has 2 amide bonds. The maximum atomic E-state index is 12.6. The van der Waals surface area contributed by atoms with Gasteiger partial charge in [-0.1, -0.05) is 50.2 Å². The van der Waals surface area contributed by atoms with Crippen molar-refractivity contribution in [1.82, 2.24) is 9.80 Å². The van der Waals surface area contributed by atoms with Gasteiger partial charge in [-0.05, 0) is 35.6 Å². The van der Waals surface area contributed by atoms with Gasteiger partial charge in [0.05, 0.1) is 13.5 Å². The maximum Gasteiger partial charge on any atom is 0.227 e. The highest BCUT2D eigenvalue weighted by molar-refractivity contribution is 5.98. The first-order valence-electron chi connectivity index (χ1n) is 11.7. The highest BCUT2D eigenvalue weighted by Crippen LogP contribution is 2.16. The van der Waals surface area contributed by atoms with Crippen molar-refractivity contribution in [3.63, 3.8) is 0 Å². The summed E-state index contributed by atoms with van der Waals surface area (Å²) in [6, 6.07) is 15.2. The normalized spacial score (nSPS) is 13.8. The first-order valence-corrected chi connectivity index (χ1v) is 11.7. The lowest BCUT2D eigenvalue weighted by Crippen LogP contribution is -2.51. The molecule has 1 heterocycles. The van der Waals surface area contributed by atoms with E-state index < -0.39 is 0 Å². The van der Waals surface area contributed by atoms with Gasteiger partial charge in [-0.25, -0.2) is 0 Å². The molecule has 0 saturated carbocycles. The van der Waals surface area contributed by atoms with Crippen LogP contribution < -0.4 is 4.74 Å². The third-order valence-corrected chi connectivity index (χ3v) is 5.96. The van der Waals surface area contributed by atoms with E-state index in [1.54, 1.807) is 16.9 Å². The van der Waals surface area contributed by atoms with Crippen LogP contribution in [0.25, 0.3) is 0 Å². The van der Waals surface area contributed by atoms with Crippen LogP contribution in [0, 0.1) is 5.92 Å². The van der Waals surface area contributed by atoms with Crippen LogP contribution in [-0.2, 0) is 22.4 Å². The zero-order valence-electron chi connectivity index (χ0n) is 19.9. The Morgan fingerprint density at radius 3 is 2.09 bits per heavy atom. The largest absolute Gasteiger partial charge is 0.497 e. The summed E-state index contributed by atoms with van der Waals surface area (Å²) in [6.45, 7) is 6.36. The third-order valence-electron chi connectivity index (χ3n) is 5.96. The number of methoxy groups -OCH3 is 1. The van der Waals surface area contributed by atoms with E-state index in [4.69, 9.17) is 4.74 Å². The van der Waals surface area contributed by atoms with Crippen molar-refractivity contribution in [3.05, 3.63) is 65.2 Å². The quantitative estimate of drug-likeness (QED) is 0.546. The molecule has 0 radical (unpaired) electrons. The Bertz CT molecular complexity index is 960. The number of ether oxygens (including phenoxy) is 1. The Morgan fingerprint density at radius 1 is 0.848 bits per heavy atom. The first kappa shape index (κ1) is 24.5. The van der Waals surface area contributed by atoms with Crippen molar-refractivity contribution < 1.29 is 19.1 Å². The van der Waals surface area contributed by atoms with Gasteiger partial charge in [-0.15, -0.1) is 0 Å². The highest BCUT2D eigenvalue weighted by atomic mass is 16.5. The summed E-state index contributed by atoms with van der Waals surface area (Å²) < 4.78 is 5.22. The van der Waals surface area contributed by atoms with Gasteiger partial charge < -0.3 is 14.5 Å². The SMILES string of the molecule is COc1cccc(CC(=O)N2CCN(C(=O)CCC(=O)c3ccc(CC(C)C)cc3)CC2)c1. The number of ketones is 1. The standard InChI is InChI=1S/C27H34N2O4/c1-20(2)17-21-7-9-23(10-8-21)25(30)11-12-26(31)28-13-15-29(16-14-28)27(32)19-22-5-4-6-24(18-22)33-3/h4-10,18,20H,11-17,19H2,1-3H3. The lowest BCUT2D eigenvalue weighted by Gasteiger charge is -2.35. The second kappa shape index (κ2) is 11.6. The highest BCUT2D eigenvalue weighted by Gasteiger charge is 2.24. The predicted molar refractivity (Wildman–Crippen MR) is 128 cm³/mol. The Balaban J connectivity index is 1.42. The number of Topliss-reactive ketones (excluding diaryl/α,β-unsaturated/α-hetero) is 1. The lowest BCUT2D eigenvalue weighted by atomic mass is 9.99. The van der Waals surface area contributed by atoms with E-state index in [0.717, 1.165) is 17.7 Å². The summed E-state index contributed by atoms with van der Waals surface area (Å²) in [5.41, 5.74) is 2.79. The molecule has 0 unspecified atom stereocenters. The summed E-state index contributed by atoms with van der Waals surface area (Å²) in [5, 5.41) is 0. The molecule has 33 heavy (non-hydrogen) atoms. The Labute approximate surface area is 196 Å². The Kier molecular flexibility index (Phi) is 8.64. The molecule has 2 aromatic carbocycles. The van der Waals surface area contributed by atoms with E-state index in [2.05, 4.69) is 13.8 Å². The number of carbonyl (C=O) groups excluding carboxylic acids is 3. The second-order valence-corrected chi connectivity index (χ2v) is 9.01. The van der Waals surface area contributed by atoms with E-state index in [1.165, 1.54) is 5.56 Å². The Morgan fingerprint density at radius 2 is 1.48 bits per heavy atom. The van der Waals surface area contributed by atoms with Crippen LogP contribution in [-0.4, -0.2) is 60.7 Å². The molecule has 1 fully saturated rings. The number of nitrogens with zero attached hydrogens (tertiary/aromatic N) is 2. The molecule has 0 bridgehead atoms. The van der Waals surface area contributed by atoms with Gasteiger partial charge in [0.1, 0.15) is 5.75 Å². The first-order chi connectivity index (χ1) is 15.9. The van der Waals surface area contributed by atoms with Crippen LogP contribution >= 0.6 is 0 Å². The molecule has 0 aliphatic carbocycles.